The van der Waals surface area contributed by atoms with E-state index in [4.69, 9.17) is 4.74 Å². The molecule has 1 aliphatic heterocycles. The third kappa shape index (κ3) is 3.42. The molecule has 2 aromatic heterocycles. The zero-order valence-electron chi connectivity index (χ0n) is 16.3. The molecule has 1 saturated heterocycles. The van der Waals surface area contributed by atoms with E-state index in [0.29, 0.717) is 5.52 Å². The number of nitrogens with one attached hydrogen (secondary N) is 1. The minimum Gasteiger partial charge on any atom is -0.377 e. The van der Waals surface area contributed by atoms with Crippen molar-refractivity contribution in [1.82, 2.24) is 19.5 Å². The Morgan fingerprint density at radius 2 is 1.93 bits per heavy atom. The minimum absolute atomic E-state index is 0.108. The molecule has 3 aromatic rings. The van der Waals surface area contributed by atoms with Crippen molar-refractivity contribution >= 4 is 20.9 Å². The van der Waals surface area contributed by atoms with Crippen LogP contribution >= 0.6 is 0 Å². The number of aryl methyl sites for hydroxylation is 2. The van der Waals surface area contributed by atoms with Crippen molar-refractivity contribution in [3.63, 3.8) is 0 Å². The lowest BCUT2D eigenvalue weighted by molar-refractivity contribution is 0.181. The van der Waals surface area contributed by atoms with Crippen molar-refractivity contribution in [3.05, 3.63) is 64.2 Å². The number of ether oxygens (including phenoxy) is 1. The number of hydrogen-bond acceptors (Lipinski definition) is 6. The van der Waals surface area contributed by atoms with Gasteiger partial charge in [-0.2, -0.15) is 5.10 Å². The Balaban J connectivity index is 1.48. The number of benzene rings is 1. The summed E-state index contributed by atoms with van der Waals surface area (Å²) in [7, 11) is -3.88. The van der Waals surface area contributed by atoms with Gasteiger partial charge in [0.15, 0.2) is 0 Å². The van der Waals surface area contributed by atoms with Gasteiger partial charge in [0.25, 0.3) is 5.56 Å². The number of pyridine rings is 1. The smallest absolute Gasteiger partial charge is 0.267 e. The second-order valence-corrected chi connectivity index (χ2v) is 9.45. The van der Waals surface area contributed by atoms with E-state index in [9.17, 15) is 13.2 Å². The quantitative estimate of drug-likeness (QED) is 0.680. The summed E-state index contributed by atoms with van der Waals surface area (Å²) < 4.78 is 36.0. The SMILES string of the molecule is O=c1cc2c(nn1C1COCC1NS(=O)(=O)c1cccc3cccnc13)CCCC2. The summed E-state index contributed by atoms with van der Waals surface area (Å²) >= 11 is 0. The summed E-state index contributed by atoms with van der Waals surface area (Å²) in [5, 5.41) is 5.32. The van der Waals surface area contributed by atoms with Crippen LogP contribution in [0.15, 0.2) is 52.3 Å². The van der Waals surface area contributed by atoms with Crippen LogP contribution < -0.4 is 10.3 Å². The second-order valence-electron chi connectivity index (χ2n) is 7.77. The van der Waals surface area contributed by atoms with Gasteiger partial charge in [-0.05, 0) is 43.4 Å². The van der Waals surface area contributed by atoms with E-state index in [1.54, 1.807) is 24.4 Å². The van der Waals surface area contributed by atoms with Gasteiger partial charge in [-0.25, -0.2) is 17.8 Å². The highest BCUT2D eigenvalue weighted by molar-refractivity contribution is 7.89. The maximum Gasteiger partial charge on any atom is 0.267 e. The molecule has 9 heteroatoms. The first-order valence-electron chi connectivity index (χ1n) is 10.1. The molecule has 5 rings (SSSR count). The fourth-order valence-corrected chi connectivity index (χ4v) is 5.70. The largest absolute Gasteiger partial charge is 0.377 e. The molecular formula is C21H22N4O4S. The Kier molecular flexibility index (Phi) is 4.88. The molecule has 2 atom stereocenters. The van der Waals surface area contributed by atoms with E-state index in [1.807, 2.05) is 12.1 Å². The molecule has 0 spiro atoms. The van der Waals surface area contributed by atoms with Gasteiger partial charge in [-0.3, -0.25) is 9.78 Å². The van der Waals surface area contributed by atoms with Crippen molar-refractivity contribution in [2.24, 2.45) is 0 Å². The zero-order valence-corrected chi connectivity index (χ0v) is 17.1. The standard InChI is InChI=1S/C21H22N4O4S/c26-20-11-15-5-1-2-8-16(15)23-25(20)18-13-29-12-17(18)24-30(27,28)19-9-3-6-14-7-4-10-22-21(14)19/h3-4,6-7,9-11,17-18,24H,1-2,5,8,12-13H2. The Hall–Kier alpha value is -2.62. The molecule has 0 amide bonds. The number of rotatable bonds is 4. The molecule has 0 saturated carbocycles. The molecule has 1 fully saturated rings. The fraction of sp³-hybridized carbons (Fsp3) is 0.381. The predicted molar refractivity (Wildman–Crippen MR) is 111 cm³/mol. The molecule has 0 bridgehead atoms. The van der Waals surface area contributed by atoms with Crippen molar-refractivity contribution in [3.8, 4) is 0 Å². The molecule has 0 radical (unpaired) electrons. The number of para-hydroxylation sites is 1. The number of sulfonamides is 1. The summed E-state index contributed by atoms with van der Waals surface area (Å²) in [4.78, 5) is 17.0. The monoisotopic (exact) mass is 426 g/mol. The van der Waals surface area contributed by atoms with Gasteiger partial charge in [0.1, 0.15) is 4.90 Å². The number of aromatic nitrogens is 3. The van der Waals surface area contributed by atoms with Gasteiger partial charge >= 0.3 is 0 Å². The average Bonchev–Trinajstić information content (AvgIpc) is 3.20. The van der Waals surface area contributed by atoms with Crippen LogP contribution in [0.5, 0.6) is 0 Å². The van der Waals surface area contributed by atoms with Gasteiger partial charge < -0.3 is 4.74 Å². The van der Waals surface area contributed by atoms with Gasteiger partial charge in [-0.1, -0.05) is 18.2 Å². The summed E-state index contributed by atoms with van der Waals surface area (Å²) in [6.07, 6.45) is 5.38. The number of hydrogen-bond donors (Lipinski definition) is 1. The topological polar surface area (TPSA) is 103 Å². The lowest BCUT2D eigenvalue weighted by Crippen LogP contribution is -2.44. The average molecular weight is 426 g/mol. The fourth-order valence-electron chi connectivity index (χ4n) is 4.27. The molecule has 30 heavy (non-hydrogen) atoms. The maximum atomic E-state index is 13.2. The minimum atomic E-state index is -3.88. The molecule has 1 aromatic carbocycles. The van der Waals surface area contributed by atoms with Crippen LogP contribution in [0.25, 0.3) is 10.9 Å². The summed E-state index contributed by atoms with van der Waals surface area (Å²) in [5.74, 6) is 0. The van der Waals surface area contributed by atoms with E-state index in [1.165, 1.54) is 10.7 Å². The molecule has 2 unspecified atom stereocenters. The first-order valence-corrected chi connectivity index (χ1v) is 11.6. The second kappa shape index (κ2) is 7.57. The van der Waals surface area contributed by atoms with Crippen LogP contribution in [-0.2, 0) is 27.6 Å². The Morgan fingerprint density at radius 3 is 2.83 bits per heavy atom. The summed E-state index contributed by atoms with van der Waals surface area (Å²) in [5.41, 5.74) is 2.11. The summed E-state index contributed by atoms with van der Waals surface area (Å²) in [6.45, 7) is 0.403. The van der Waals surface area contributed by atoms with Crippen LogP contribution in [-0.4, -0.2) is 42.4 Å². The van der Waals surface area contributed by atoms with Crippen LogP contribution in [0.4, 0.5) is 0 Å². The Morgan fingerprint density at radius 1 is 1.10 bits per heavy atom. The molecule has 8 nitrogen and oxygen atoms in total. The van der Waals surface area contributed by atoms with Crippen molar-refractivity contribution in [2.45, 2.75) is 42.7 Å². The predicted octanol–water partition coefficient (Wildman–Crippen LogP) is 1.59. The molecule has 156 valence electrons. The van der Waals surface area contributed by atoms with Crippen molar-refractivity contribution < 1.29 is 13.2 Å². The van der Waals surface area contributed by atoms with Crippen LogP contribution in [0.1, 0.15) is 30.1 Å². The van der Waals surface area contributed by atoms with Crippen LogP contribution in [0.3, 0.4) is 0 Å². The molecular weight excluding hydrogens is 404 g/mol. The highest BCUT2D eigenvalue weighted by Gasteiger charge is 2.36. The summed E-state index contributed by atoms with van der Waals surface area (Å²) in [6, 6.07) is 9.17. The van der Waals surface area contributed by atoms with E-state index >= 15 is 0 Å². The maximum absolute atomic E-state index is 13.2. The first-order chi connectivity index (χ1) is 14.5. The van der Waals surface area contributed by atoms with E-state index in [0.717, 1.165) is 42.3 Å². The lowest BCUT2D eigenvalue weighted by atomic mass is 9.97. The number of fused-ring (bicyclic) bond motifs is 2. The van der Waals surface area contributed by atoms with Crippen molar-refractivity contribution in [1.29, 1.82) is 0 Å². The molecule has 1 aliphatic carbocycles. The third-order valence-electron chi connectivity index (χ3n) is 5.79. The highest BCUT2D eigenvalue weighted by atomic mass is 32.2. The van der Waals surface area contributed by atoms with Gasteiger partial charge in [0.2, 0.25) is 10.0 Å². The van der Waals surface area contributed by atoms with E-state index in [2.05, 4.69) is 14.8 Å². The van der Waals surface area contributed by atoms with Crippen LogP contribution in [0, 0.1) is 0 Å². The Labute approximate surface area is 174 Å². The zero-order chi connectivity index (χ0) is 20.7. The molecule has 3 heterocycles. The highest BCUT2D eigenvalue weighted by Crippen LogP contribution is 2.25. The number of nitrogens with zero attached hydrogens (tertiary/aromatic N) is 3. The van der Waals surface area contributed by atoms with Crippen LogP contribution in [0.2, 0.25) is 0 Å². The van der Waals surface area contributed by atoms with Gasteiger partial charge in [0, 0.05) is 17.6 Å². The van der Waals surface area contributed by atoms with E-state index in [-0.39, 0.29) is 23.7 Å². The first kappa shape index (κ1) is 19.3. The Bertz CT molecular complexity index is 1270. The van der Waals surface area contributed by atoms with Gasteiger partial charge in [-0.15, -0.1) is 0 Å². The third-order valence-corrected chi connectivity index (χ3v) is 7.31. The molecule has 1 N–H and O–H groups in total. The lowest BCUT2D eigenvalue weighted by Gasteiger charge is -2.23. The normalized spacial score (nSPS) is 21.6. The molecule has 2 aliphatic rings. The van der Waals surface area contributed by atoms with E-state index < -0.39 is 22.1 Å². The van der Waals surface area contributed by atoms with Crippen molar-refractivity contribution in [2.75, 3.05) is 13.2 Å². The van der Waals surface area contributed by atoms with Gasteiger partial charge in [0.05, 0.1) is 36.5 Å².